The molecule has 1 amide bonds. The number of fused-ring (bicyclic) bond motifs is 1. The van der Waals surface area contributed by atoms with Gasteiger partial charge in [-0.05, 0) is 36.4 Å². The lowest BCUT2D eigenvalue weighted by Crippen LogP contribution is -2.38. The van der Waals surface area contributed by atoms with E-state index >= 15 is 4.39 Å². The second-order valence-electron chi connectivity index (χ2n) is 8.96. The highest BCUT2D eigenvalue weighted by molar-refractivity contribution is 6.03. The minimum absolute atomic E-state index is 0.202. The normalized spacial score (nSPS) is 13.5. The van der Waals surface area contributed by atoms with Crippen molar-refractivity contribution in [3.63, 3.8) is 0 Å². The smallest absolute Gasteiger partial charge is 0.247 e. The highest BCUT2D eigenvalue weighted by atomic mass is 19.1. The van der Waals surface area contributed by atoms with Gasteiger partial charge in [-0.25, -0.2) is 14.4 Å². The van der Waals surface area contributed by atoms with Gasteiger partial charge < -0.3 is 24.8 Å². The van der Waals surface area contributed by atoms with Gasteiger partial charge in [-0.3, -0.25) is 14.7 Å². The minimum atomic E-state index is -0.520. The number of hydrogen-bond acceptors (Lipinski definition) is 9. The fourth-order valence-electron chi connectivity index (χ4n) is 4.15. The lowest BCUT2D eigenvalue weighted by Gasteiger charge is -2.26. The predicted octanol–water partition coefficient (Wildman–Crippen LogP) is 4.32. The third-order valence-corrected chi connectivity index (χ3v) is 6.26. The summed E-state index contributed by atoms with van der Waals surface area (Å²) in [6, 6.07) is 13.5. The molecule has 40 heavy (non-hydrogen) atoms. The number of anilines is 3. The Morgan fingerprint density at radius 2 is 1.95 bits per heavy atom. The number of benzene rings is 2. The van der Waals surface area contributed by atoms with E-state index in [4.69, 9.17) is 14.2 Å². The van der Waals surface area contributed by atoms with Crippen molar-refractivity contribution in [1.82, 2.24) is 19.9 Å². The fourth-order valence-corrected chi connectivity index (χ4v) is 4.15. The molecule has 1 saturated heterocycles. The van der Waals surface area contributed by atoms with Crippen LogP contribution in [0.1, 0.15) is 5.69 Å². The number of hydrogen-bond donors (Lipinski definition) is 2. The molecule has 0 spiro atoms. The molecule has 2 aromatic carbocycles. The summed E-state index contributed by atoms with van der Waals surface area (Å²) in [6.45, 7) is 7.97. The van der Waals surface area contributed by atoms with Gasteiger partial charge in [0.2, 0.25) is 5.91 Å². The Morgan fingerprint density at radius 3 is 2.73 bits per heavy atom. The molecule has 4 aromatic rings. The summed E-state index contributed by atoms with van der Waals surface area (Å²) in [4.78, 5) is 27.3. The molecule has 0 saturated carbocycles. The van der Waals surface area contributed by atoms with Crippen LogP contribution in [0.5, 0.6) is 11.5 Å². The maximum atomic E-state index is 15.0. The highest BCUT2D eigenvalue weighted by Gasteiger charge is 2.16. The molecule has 1 aliphatic rings. The van der Waals surface area contributed by atoms with Gasteiger partial charge in [-0.15, -0.1) is 0 Å². The van der Waals surface area contributed by atoms with Crippen molar-refractivity contribution in [3.8, 4) is 11.5 Å². The first-order valence-corrected chi connectivity index (χ1v) is 12.8. The molecule has 5 rings (SSSR count). The third kappa shape index (κ3) is 6.87. The van der Waals surface area contributed by atoms with Crippen molar-refractivity contribution in [2.75, 3.05) is 50.1 Å². The Morgan fingerprint density at radius 1 is 1.07 bits per heavy atom. The highest BCUT2D eigenvalue weighted by Crippen LogP contribution is 2.34. The average molecular weight is 545 g/mol. The van der Waals surface area contributed by atoms with Crippen molar-refractivity contribution in [1.29, 1.82) is 0 Å². The molecule has 2 N–H and O–H groups in total. The molecule has 0 atom stereocenters. The van der Waals surface area contributed by atoms with Gasteiger partial charge in [-0.1, -0.05) is 12.6 Å². The molecule has 10 nitrogen and oxygen atoms in total. The van der Waals surface area contributed by atoms with E-state index in [1.54, 1.807) is 30.5 Å². The van der Waals surface area contributed by atoms with E-state index in [2.05, 4.69) is 37.1 Å². The van der Waals surface area contributed by atoms with Crippen LogP contribution in [-0.2, 0) is 16.1 Å². The van der Waals surface area contributed by atoms with E-state index < -0.39 is 11.7 Å². The van der Waals surface area contributed by atoms with Crippen LogP contribution in [0.2, 0.25) is 0 Å². The Hall–Kier alpha value is -4.61. The Labute approximate surface area is 230 Å². The Kier molecular flexibility index (Phi) is 8.74. The molecule has 3 heterocycles. The zero-order valence-corrected chi connectivity index (χ0v) is 21.8. The number of rotatable bonds is 11. The van der Waals surface area contributed by atoms with Crippen LogP contribution in [0.4, 0.5) is 21.6 Å². The van der Waals surface area contributed by atoms with Crippen LogP contribution in [-0.4, -0.2) is 65.2 Å². The number of amides is 1. The first kappa shape index (κ1) is 27.0. The molecule has 2 aromatic heterocycles. The van der Waals surface area contributed by atoms with E-state index in [1.165, 1.54) is 18.5 Å². The number of pyridine rings is 1. The molecular weight excluding hydrogens is 515 g/mol. The number of nitrogens with one attached hydrogen (secondary N) is 2. The fraction of sp³-hybridized carbons (Fsp3) is 0.241. The van der Waals surface area contributed by atoms with Crippen LogP contribution in [0.25, 0.3) is 10.9 Å². The topological polar surface area (TPSA) is 111 Å². The number of nitrogens with zero attached hydrogens (tertiary/aromatic N) is 4. The van der Waals surface area contributed by atoms with Crippen molar-refractivity contribution in [2.45, 2.75) is 6.61 Å². The van der Waals surface area contributed by atoms with Crippen molar-refractivity contribution in [3.05, 3.63) is 85.2 Å². The maximum Gasteiger partial charge on any atom is 0.247 e. The molecule has 11 heteroatoms. The minimum Gasteiger partial charge on any atom is -0.490 e. The van der Waals surface area contributed by atoms with Crippen molar-refractivity contribution >= 4 is 34.0 Å². The van der Waals surface area contributed by atoms with Crippen LogP contribution in [0.3, 0.4) is 0 Å². The second kappa shape index (κ2) is 13.0. The van der Waals surface area contributed by atoms with Gasteiger partial charge in [0.1, 0.15) is 42.7 Å². The SMILES string of the molecule is C=CC(=O)Nc1cc2c(Nc3ccc(OCc4ccccn4)cc3F)ncnc2cc1OCCN1CCOCC1. The standard InChI is InChI=1S/C29H29FN6O4/c1-2-28(37)34-26-16-22-25(17-27(26)39-14-11-36-9-12-38-13-10-36)32-19-33-29(22)35-24-7-6-21(15-23(24)30)40-18-20-5-3-4-8-31-20/h2-8,15-17,19H,1,9-14,18H2,(H,34,37)(H,32,33,35). The zero-order valence-electron chi connectivity index (χ0n) is 21.8. The summed E-state index contributed by atoms with van der Waals surface area (Å²) in [5, 5.41) is 6.38. The van der Waals surface area contributed by atoms with Gasteiger partial charge in [0.25, 0.3) is 0 Å². The summed E-state index contributed by atoms with van der Waals surface area (Å²) < 4.78 is 32.1. The van der Waals surface area contributed by atoms with Crippen molar-refractivity contribution < 1.29 is 23.4 Å². The Balaban J connectivity index is 1.34. The van der Waals surface area contributed by atoms with Gasteiger partial charge >= 0.3 is 0 Å². The van der Waals surface area contributed by atoms with E-state index in [0.29, 0.717) is 60.3 Å². The average Bonchev–Trinajstić information content (AvgIpc) is 2.98. The summed E-state index contributed by atoms with van der Waals surface area (Å²) >= 11 is 0. The predicted molar refractivity (Wildman–Crippen MR) is 149 cm³/mol. The van der Waals surface area contributed by atoms with Crippen LogP contribution in [0.15, 0.2) is 73.7 Å². The summed E-state index contributed by atoms with van der Waals surface area (Å²) in [5.74, 6) is 0.278. The van der Waals surface area contributed by atoms with Gasteiger partial charge in [0, 0.05) is 43.4 Å². The zero-order chi connectivity index (χ0) is 27.7. The first-order valence-electron chi connectivity index (χ1n) is 12.8. The maximum absolute atomic E-state index is 15.0. The van der Waals surface area contributed by atoms with Crippen LogP contribution >= 0.6 is 0 Å². The summed E-state index contributed by atoms with van der Waals surface area (Å²) in [7, 11) is 0. The van der Waals surface area contributed by atoms with E-state index in [9.17, 15) is 4.79 Å². The monoisotopic (exact) mass is 544 g/mol. The lowest BCUT2D eigenvalue weighted by molar-refractivity contribution is -0.111. The van der Waals surface area contributed by atoms with Gasteiger partial charge in [0.05, 0.1) is 35.8 Å². The van der Waals surface area contributed by atoms with E-state index in [-0.39, 0.29) is 12.3 Å². The molecule has 0 aliphatic carbocycles. The second-order valence-corrected chi connectivity index (χ2v) is 8.96. The van der Waals surface area contributed by atoms with Gasteiger partial charge in [-0.2, -0.15) is 0 Å². The van der Waals surface area contributed by atoms with Gasteiger partial charge in [0.15, 0.2) is 0 Å². The van der Waals surface area contributed by atoms with E-state index in [0.717, 1.165) is 18.8 Å². The number of aromatic nitrogens is 3. The summed E-state index contributed by atoms with van der Waals surface area (Å²) in [5.41, 5.74) is 1.93. The molecule has 1 aliphatic heterocycles. The molecule has 0 radical (unpaired) electrons. The van der Waals surface area contributed by atoms with Crippen LogP contribution in [0, 0.1) is 5.82 Å². The quantitative estimate of drug-likeness (QED) is 0.267. The third-order valence-electron chi connectivity index (χ3n) is 6.26. The number of morpholine rings is 1. The number of carbonyl (C=O) groups excluding carboxylic acids is 1. The molecule has 0 bridgehead atoms. The largest absolute Gasteiger partial charge is 0.490 e. The number of ether oxygens (including phenoxy) is 3. The lowest BCUT2D eigenvalue weighted by atomic mass is 10.1. The Bertz CT molecular complexity index is 1480. The molecule has 206 valence electrons. The molecule has 0 unspecified atom stereocenters. The summed E-state index contributed by atoms with van der Waals surface area (Å²) in [6.07, 6.45) is 4.23. The first-order chi connectivity index (χ1) is 19.6. The number of halogens is 1. The van der Waals surface area contributed by atoms with E-state index in [1.807, 2.05) is 18.2 Å². The van der Waals surface area contributed by atoms with Crippen LogP contribution < -0.4 is 20.1 Å². The van der Waals surface area contributed by atoms with Crippen molar-refractivity contribution in [2.24, 2.45) is 0 Å². The number of carbonyl (C=O) groups is 1. The molecule has 1 fully saturated rings. The molecular formula is C29H29FN6O4.